The molecule has 1 aliphatic carbocycles. The molecule has 33 heavy (non-hydrogen) atoms. The number of hydrogen-bond donors (Lipinski definition) is 1. The van der Waals surface area contributed by atoms with E-state index in [0.717, 1.165) is 29.7 Å². The van der Waals surface area contributed by atoms with Gasteiger partial charge in [-0.3, -0.25) is 9.78 Å². The molecule has 0 radical (unpaired) electrons. The van der Waals surface area contributed by atoms with Crippen molar-refractivity contribution in [2.45, 2.75) is 32.7 Å². The first kappa shape index (κ1) is 20.9. The number of carbonyl (C=O) groups is 1. The summed E-state index contributed by atoms with van der Waals surface area (Å²) in [6, 6.07) is 11.1. The van der Waals surface area contributed by atoms with Crippen LogP contribution in [0.1, 0.15) is 48.1 Å². The van der Waals surface area contributed by atoms with Crippen LogP contribution >= 0.6 is 0 Å². The molecule has 3 heterocycles. The lowest BCUT2D eigenvalue weighted by molar-refractivity contribution is 0.0881. The van der Waals surface area contributed by atoms with E-state index >= 15 is 0 Å². The largest absolute Gasteiger partial charge is 0.350 e. The van der Waals surface area contributed by atoms with E-state index in [0.29, 0.717) is 5.82 Å². The number of nitrogens with one attached hydrogen (secondary N) is 1. The van der Waals surface area contributed by atoms with Gasteiger partial charge in [0.25, 0.3) is 5.91 Å². The first-order chi connectivity index (χ1) is 15.9. The summed E-state index contributed by atoms with van der Waals surface area (Å²) in [5.41, 5.74) is 3.15. The Kier molecular flexibility index (Phi) is 5.20. The van der Waals surface area contributed by atoms with E-state index in [-0.39, 0.29) is 28.5 Å². The molecule has 0 saturated carbocycles. The van der Waals surface area contributed by atoms with E-state index in [4.69, 9.17) is 9.51 Å². The van der Waals surface area contributed by atoms with Gasteiger partial charge in [0, 0.05) is 41.3 Å². The van der Waals surface area contributed by atoms with Gasteiger partial charge in [0.15, 0.2) is 5.82 Å². The van der Waals surface area contributed by atoms with E-state index in [1.54, 1.807) is 36.8 Å². The second-order valence-corrected chi connectivity index (χ2v) is 8.96. The van der Waals surface area contributed by atoms with Crippen LogP contribution in [-0.4, -0.2) is 26.0 Å². The molecule has 5 rings (SSSR count). The van der Waals surface area contributed by atoms with Crippen LogP contribution in [0.4, 0.5) is 4.39 Å². The average molecular weight is 443 g/mol. The van der Waals surface area contributed by atoms with Crippen LogP contribution in [0.2, 0.25) is 0 Å². The lowest BCUT2D eigenvalue weighted by atomic mass is 9.74. The summed E-state index contributed by atoms with van der Waals surface area (Å²) in [5, 5.41) is 6.90. The average Bonchev–Trinajstić information content (AvgIpc) is 3.29. The van der Waals surface area contributed by atoms with Crippen LogP contribution in [0, 0.1) is 11.2 Å². The highest BCUT2D eigenvalue weighted by atomic mass is 19.1. The first-order valence-corrected chi connectivity index (χ1v) is 10.7. The minimum Gasteiger partial charge on any atom is -0.350 e. The highest BCUT2D eigenvalue weighted by Gasteiger charge is 2.35. The number of pyridine rings is 1. The molecule has 1 aliphatic rings. The van der Waals surface area contributed by atoms with Crippen molar-refractivity contribution in [2.24, 2.45) is 5.41 Å². The van der Waals surface area contributed by atoms with Crippen LogP contribution in [0.25, 0.3) is 22.6 Å². The van der Waals surface area contributed by atoms with E-state index in [2.05, 4.69) is 34.3 Å². The van der Waals surface area contributed by atoms with Crippen molar-refractivity contribution in [3.63, 3.8) is 0 Å². The molecule has 1 N–H and O–H groups in total. The molecule has 166 valence electrons. The minimum atomic E-state index is -0.428. The van der Waals surface area contributed by atoms with Crippen molar-refractivity contribution in [1.29, 1.82) is 0 Å². The lowest BCUT2D eigenvalue weighted by Crippen LogP contribution is -2.37. The van der Waals surface area contributed by atoms with Crippen molar-refractivity contribution < 1.29 is 13.7 Å². The van der Waals surface area contributed by atoms with Crippen LogP contribution in [-0.2, 0) is 6.42 Å². The number of aromatic nitrogens is 4. The van der Waals surface area contributed by atoms with Gasteiger partial charge in [0.2, 0.25) is 5.76 Å². The van der Waals surface area contributed by atoms with Gasteiger partial charge in [-0.1, -0.05) is 31.1 Å². The van der Waals surface area contributed by atoms with Gasteiger partial charge < -0.3 is 9.84 Å². The maximum absolute atomic E-state index is 14.1. The highest BCUT2D eigenvalue weighted by molar-refractivity contribution is 5.92. The molecule has 7 nitrogen and oxygen atoms in total. The van der Waals surface area contributed by atoms with Gasteiger partial charge in [-0.2, -0.15) is 0 Å². The molecular formula is C25H22FN5O2. The normalized spacial score (nSPS) is 16.8. The summed E-state index contributed by atoms with van der Waals surface area (Å²) in [7, 11) is 0. The van der Waals surface area contributed by atoms with Gasteiger partial charge in [0.05, 0.1) is 11.7 Å². The van der Waals surface area contributed by atoms with E-state index in [9.17, 15) is 9.18 Å². The molecule has 0 saturated heterocycles. The zero-order valence-corrected chi connectivity index (χ0v) is 18.2. The molecule has 1 aromatic carbocycles. The standard InChI is InChI=1S/C25H22FN5O2/c1-25(2)12-20-17(14-28-23(29-20)15-7-9-27-10-8-15)21(13-25)30-24(32)22-11-19(31-33-22)16-5-3-4-6-18(16)26/h3-11,14,21H,12-13H2,1-2H3,(H,30,32). The number of halogens is 1. The third kappa shape index (κ3) is 4.24. The van der Waals surface area contributed by atoms with Crippen molar-refractivity contribution in [1.82, 2.24) is 25.4 Å². The smallest absolute Gasteiger partial charge is 0.290 e. The van der Waals surface area contributed by atoms with Crippen LogP contribution in [0.15, 0.2) is 65.6 Å². The van der Waals surface area contributed by atoms with Gasteiger partial charge >= 0.3 is 0 Å². The minimum absolute atomic E-state index is 0.0208. The molecular weight excluding hydrogens is 421 g/mol. The van der Waals surface area contributed by atoms with E-state index < -0.39 is 11.7 Å². The Labute approximate surface area is 190 Å². The Morgan fingerprint density at radius 1 is 1.18 bits per heavy atom. The molecule has 4 aromatic rings. The number of carbonyl (C=O) groups excluding carboxylic acids is 1. The van der Waals surface area contributed by atoms with Crippen LogP contribution in [0.5, 0.6) is 0 Å². The summed E-state index contributed by atoms with van der Waals surface area (Å²) in [4.78, 5) is 26.3. The molecule has 0 fully saturated rings. The number of rotatable bonds is 4. The third-order valence-electron chi connectivity index (χ3n) is 5.81. The predicted molar refractivity (Wildman–Crippen MR) is 119 cm³/mol. The SMILES string of the molecule is CC1(C)Cc2nc(-c3ccncc3)ncc2C(NC(=O)c2cc(-c3ccccc3F)no2)C1. The topological polar surface area (TPSA) is 93.8 Å². The second kappa shape index (κ2) is 8.20. The number of hydrogen-bond acceptors (Lipinski definition) is 6. The maximum atomic E-state index is 14.1. The fourth-order valence-corrected chi connectivity index (χ4v) is 4.22. The highest BCUT2D eigenvalue weighted by Crippen LogP contribution is 2.40. The fraction of sp³-hybridized carbons (Fsp3) is 0.240. The van der Waals surface area contributed by atoms with Gasteiger partial charge in [-0.25, -0.2) is 14.4 Å². The second-order valence-electron chi connectivity index (χ2n) is 8.96. The Morgan fingerprint density at radius 2 is 1.97 bits per heavy atom. The molecule has 8 heteroatoms. The van der Waals surface area contributed by atoms with Gasteiger partial charge in [-0.15, -0.1) is 0 Å². The monoisotopic (exact) mass is 443 g/mol. The summed E-state index contributed by atoms with van der Waals surface area (Å²) in [5.74, 6) is -0.198. The number of fused-ring (bicyclic) bond motifs is 1. The summed E-state index contributed by atoms with van der Waals surface area (Å²) < 4.78 is 19.3. The maximum Gasteiger partial charge on any atom is 0.290 e. The Hall–Kier alpha value is -3.94. The van der Waals surface area contributed by atoms with Gasteiger partial charge in [0.1, 0.15) is 11.5 Å². The quantitative estimate of drug-likeness (QED) is 0.488. The molecule has 0 aliphatic heterocycles. The first-order valence-electron chi connectivity index (χ1n) is 10.7. The third-order valence-corrected chi connectivity index (χ3v) is 5.81. The fourth-order valence-electron chi connectivity index (χ4n) is 4.22. The van der Waals surface area contributed by atoms with E-state index in [1.165, 1.54) is 12.1 Å². The van der Waals surface area contributed by atoms with Crippen LogP contribution < -0.4 is 5.32 Å². The van der Waals surface area contributed by atoms with Gasteiger partial charge in [-0.05, 0) is 42.5 Å². The Balaban J connectivity index is 1.41. The molecule has 0 bridgehead atoms. The molecule has 0 spiro atoms. The van der Waals surface area contributed by atoms with Crippen LogP contribution in [0.3, 0.4) is 0 Å². The molecule has 1 unspecified atom stereocenters. The van der Waals surface area contributed by atoms with Crippen molar-refractivity contribution in [3.05, 3.63) is 83.9 Å². The number of nitrogens with zero attached hydrogens (tertiary/aromatic N) is 4. The number of benzene rings is 1. The lowest BCUT2D eigenvalue weighted by Gasteiger charge is -2.36. The zero-order valence-electron chi connectivity index (χ0n) is 18.2. The summed E-state index contributed by atoms with van der Waals surface area (Å²) in [6.45, 7) is 4.29. The summed E-state index contributed by atoms with van der Waals surface area (Å²) in [6.07, 6.45) is 6.69. The zero-order chi connectivity index (χ0) is 23.0. The molecule has 1 atom stereocenters. The van der Waals surface area contributed by atoms with Crippen molar-refractivity contribution >= 4 is 5.91 Å². The van der Waals surface area contributed by atoms with E-state index in [1.807, 2.05) is 12.1 Å². The molecule has 1 amide bonds. The predicted octanol–water partition coefficient (Wildman–Crippen LogP) is 4.78. The van der Waals surface area contributed by atoms with Crippen molar-refractivity contribution in [2.75, 3.05) is 0 Å². The van der Waals surface area contributed by atoms with Crippen molar-refractivity contribution in [3.8, 4) is 22.6 Å². The molecule has 3 aromatic heterocycles. The summed E-state index contributed by atoms with van der Waals surface area (Å²) >= 11 is 0. The Bertz CT molecular complexity index is 1320. The Morgan fingerprint density at radius 3 is 2.76 bits per heavy atom. The number of amides is 1.